The molecule has 4 aromatic carbocycles. The Bertz CT molecular complexity index is 1450. The monoisotopic (exact) mass is 508 g/mol. The lowest BCUT2D eigenvalue weighted by Gasteiger charge is -2.28. The minimum absolute atomic E-state index is 0.589. The fraction of sp³-hybridized carbons (Fsp3) is 0.125. The van der Waals surface area contributed by atoms with Gasteiger partial charge in [0.2, 0.25) is 0 Å². The molecule has 0 aliphatic carbocycles. The van der Waals surface area contributed by atoms with Crippen molar-refractivity contribution in [2.75, 3.05) is 0 Å². The summed E-state index contributed by atoms with van der Waals surface area (Å²) in [7, 11) is -3.96. The summed E-state index contributed by atoms with van der Waals surface area (Å²) >= 11 is 0. The van der Waals surface area contributed by atoms with E-state index < -0.39 is 9.05 Å². The van der Waals surface area contributed by atoms with E-state index in [4.69, 9.17) is 17.7 Å². The standard InChI is InChI=1S/C32H32O4Si/c1-5-25-24-32(31(8-4)30(7-3)29(25)6-2)36-37(33-26-18-12-9-13-19-26,34-27-20-14-10-15-21-27)35-28-22-16-11-17-23-28/h5-24H,1-4H3. The molecule has 0 saturated carbocycles. The lowest BCUT2D eigenvalue weighted by Crippen LogP contribution is -2.62. The zero-order valence-electron chi connectivity index (χ0n) is 21.7. The molecule has 0 aromatic heterocycles. The summed E-state index contributed by atoms with van der Waals surface area (Å²) in [4.78, 5) is 0. The molecule has 0 fully saturated rings. The van der Waals surface area contributed by atoms with Crippen molar-refractivity contribution in [2.24, 2.45) is 0 Å². The first-order valence-electron chi connectivity index (χ1n) is 12.4. The molecule has 4 nitrogen and oxygen atoms in total. The molecule has 0 heterocycles. The largest absolute Gasteiger partial charge is 0.966 e. The maximum absolute atomic E-state index is 6.81. The first-order chi connectivity index (χ1) is 18.1. The number of benzene rings is 4. The van der Waals surface area contributed by atoms with Crippen molar-refractivity contribution in [2.45, 2.75) is 27.7 Å². The highest BCUT2D eigenvalue weighted by Crippen LogP contribution is 2.25. The van der Waals surface area contributed by atoms with Crippen LogP contribution in [0, 0.1) is 0 Å². The molecule has 0 bridgehead atoms. The predicted molar refractivity (Wildman–Crippen MR) is 153 cm³/mol. The SMILES string of the molecule is CC=c1cc(O[Si](Oc2ccccc2)(Oc2ccccc2)Oc2ccccc2)c(=CC)c(=CC)c1=CC. The molecule has 0 aliphatic rings. The van der Waals surface area contributed by atoms with Crippen LogP contribution in [0.2, 0.25) is 0 Å². The third-order valence-electron chi connectivity index (χ3n) is 5.81. The molecule has 0 unspecified atom stereocenters. The number of rotatable bonds is 8. The highest BCUT2D eigenvalue weighted by atomic mass is 28.4. The van der Waals surface area contributed by atoms with Gasteiger partial charge in [-0.15, -0.1) is 0 Å². The molecule has 0 radical (unpaired) electrons. The van der Waals surface area contributed by atoms with Crippen molar-refractivity contribution >= 4 is 33.4 Å². The molecule has 4 rings (SSSR count). The van der Waals surface area contributed by atoms with E-state index in [0.717, 1.165) is 20.9 Å². The average Bonchev–Trinajstić information content (AvgIpc) is 2.93. The molecular formula is C32H32O4Si. The quantitative estimate of drug-likeness (QED) is 0.316. The van der Waals surface area contributed by atoms with Crippen molar-refractivity contribution in [3.63, 3.8) is 0 Å². The van der Waals surface area contributed by atoms with Crippen LogP contribution in [-0.2, 0) is 0 Å². The van der Waals surface area contributed by atoms with Gasteiger partial charge in [-0.05, 0) is 85.8 Å². The second kappa shape index (κ2) is 12.1. The molecule has 0 N–H and O–H groups in total. The molecular weight excluding hydrogens is 476 g/mol. The molecule has 0 amide bonds. The first-order valence-corrected chi connectivity index (χ1v) is 14.0. The maximum atomic E-state index is 6.81. The van der Waals surface area contributed by atoms with Crippen molar-refractivity contribution in [1.82, 2.24) is 0 Å². The third kappa shape index (κ3) is 6.13. The van der Waals surface area contributed by atoms with Gasteiger partial charge in [-0.1, -0.05) is 78.9 Å². The number of hydrogen-bond acceptors (Lipinski definition) is 4. The van der Waals surface area contributed by atoms with Crippen molar-refractivity contribution in [3.8, 4) is 23.0 Å². The average molecular weight is 509 g/mol. The van der Waals surface area contributed by atoms with Crippen molar-refractivity contribution < 1.29 is 17.7 Å². The number of para-hydroxylation sites is 3. The van der Waals surface area contributed by atoms with Crippen LogP contribution in [-0.4, -0.2) is 9.05 Å². The Kier molecular flexibility index (Phi) is 8.49. The highest BCUT2D eigenvalue weighted by Gasteiger charge is 2.58. The van der Waals surface area contributed by atoms with Gasteiger partial charge in [0.15, 0.2) is 0 Å². The summed E-state index contributed by atoms with van der Waals surface area (Å²) in [6.07, 6.45) is 8.34. The van der Waals surface area contributed by atoms with Crippen LogP contribution in [0.15, 0.2) is 97.1 Å². The Morgan fingerprint density at radius 3 is 1.22 bits per heavy atom. The van der Waals surface area contributed by atoms with Crippen LogP contribution in [0.5, 0.6) is 23.0 Å². The summed E-state index contributed by atoms with van der Waals surface area (Å²) in [6.45, 7) is 8.10. The van der Waals surface area contributed by atoms with E-state index in [1.165, 1.54) is 0 Å². The Balaban J connectivity index is 1.96. The van der Waals surface area contributed by atoms with Crippen LogP contribution < -0.4 is 38.6 Å². The van der Waals surface area contributed by atoms with E-state index in [2.05, 4.69) is 18.2 Å². The van der Waals surface area contributed by atoms with Crippen LogP contribution in [0.3, 0.4) is 0 Å². The fourth-order valence-corrected chi connectivity index (χ4v) is 6.11. The van der Waals surface area contributed by atoms with Crippen LogP contribution >= 0.6 is 0 Å². The van der Waals surface area contributed by atoms with E-state index in [9.17, 15) is 0 Å². The molecule has 4 aromatic rings. The smallest absolute Gasteiger partial charge is 0.452 e. The second-order valence-electron chi connectivity index (χ2n) is 8.21. The van der Waals surface area contributed by atoms with E-state index >= 15 is 0 Å². The highest BCUT2D eigenvalue weighted by molar-refractivity contribution is 6.57. The summed E-state index contributed by atoms with van der Waals surface area (Å²) in [5, 5.41) is 4.23. The Morgan fingerprint density at radius 2 is 0.865 bits per heavy atom. The maximum Gasteiger partial charge on any atom is 0.966 e. The number of hydrogen-bond donors (Lipinski definition) is 0. The van der Waals surface area contributed by atoms with Gasteiger partial charge in [-0.2, -0.15) is 0 Å². The molecule has 0 atom stereocenters. The van der Waals surface area contributed by atoms with Gasteiger partial charge in [-0.3, -0.25) is 0 Å². The van der Waals surface area contributed by atoms with Gasteiger partial charge >= 0.3 is 9.05 Å². The van der Waals surface area contributed by atoms with Crippen LogP contribution in [0.4, 0.5) is 0 Å². The van der Waals surface area contributed by atoms with Gasteiger partial charge < -0.3 is 17.7 Å². The summed E-state index contributed by atoms with van der Waals surface area (Å²) < 4.78 is 26.4. The van der Waals surface area contributed by atoms with E-state index in [0.29, 0.717) is 23.0 Å². The van der Waals surface area contributed by atoms with Crippen LogP contribution in [0.1, 0.15) is 27.7 Å². The molecule has 37 heavy (non-hydrogen) atoms. The third-order valence-corrected chi connectivity index (χ3v) is 7.74. The zero-order valence-corrected chi connectivity index (χ0v) is 22.7. The molecule has 0 saturated heterocycles. The van der Waals surface area contributed by atoms with Crippen molar-refractivity contribution in [1.29, 1.82) is 0 Å². The second-order valence-corrected chi connectivity index (χ2v) is 10.0. The summed E-state index contributed by atoms with van der Waals surface area (Å²) in [5.41, 5.74) is 0. The van der Waals surface area contributed by atoms with E-state index in [1.807, 2.05) is 131 Å². The van der Waals surface area contributed by atoms with Gasteiger partial charge in [0.1, 0.15) is 23.0 Å². The van der Waals surface area contributed by atoms with Crippen LogP contribution in [0.25, 0.3) is 24.3 Å². The minimum atomic E-state index is -3.96. The van der Waals surface area contributed by atoms with Crippen molar-refractivity contribution in [3.05, 3.63) is 118 Å². The summed E-state index contributed by atoms with van der Waals surface area (Å²) in [6, 6.07) is 30.5. The van der Waals surface area contributed by atoms with E-state index in [-0.39, 0.29) is 0 Å². The summed E-state index contributed by atoms with van der Waals surface area (Å²) in [5.74, 6) is 2.40. The Labute approximate surface area is 219 Å². The Hall–Kier alpha value is -4.22. The lowest BCUT2D eigenvalue weighted by molar-refractivity contribution is 0.160. The topological polar surface area (TPSA) is 36.9 Å². The van der Waals surface area contributed by atoms with Gasteiger partial charge in [0.25, 0.3) is 0 Å². The first kappa shape index (κ1) is 25.9. The van der Waals surface area contributed by atoms with Gasteiger partial charge in [0, 0.05) is 5.22 Å². The van der Waals surface area contributed by atoms with Gasteiger partial charge in [0.05, 0.1) is 0 Å². The normalized spacial score (nSPS) is 13.5. The zero-order chi connectivity index (χ0) is 26.1. The minimum Gasteiger partial charge on any atom is -0.452 e. The lowest BCUT2D eigenvalue weighted by atomic mass is 10.1. The molecule has 5 heteroatoms. The molecule has 188 valence electrons. The molecule has 0 aliphatic heterocycles. The predicted octanol–water partition coefficient (Wildman–Crippen LogP) is 4.94. The van der Waals surface area contributed by atoms with Gasteiger partial charge in [-0.25, -0.2) is 0 Å². The molecule has 0 spiro atoms. The fourth-order valence-electron chi connectivity index (χ4n) is 4.14. The van der Waals surface area contributed by atoms with E-state index in [1.54, 1.807) is 0 Å². The Morgan fingerprint density at radius 1 is 0.459 bits per heavy atom.